The number of hydrogen-bond donors (Lipinski definition) is 1. The van der Waals surface area contributed by atoms with Crippen molar-refractivity contribution in [3.05, 3.63) is 101 Å². The van der Waals surface area contributed by atoms with Gasteiger partial charge in [-0.15, -0.1) is 0 Å². The van der Waals surface area contributed by atoms with Gasteiger partial charge in [-0.1, -0.05) is 54.6 Å². The number of anilines is 1. The van der Waals surface area contributed by atoms with E-state index < -0.39 is 21.9 Å². The van der Waals surface area contributed by atoms with Crippen LogP contribution in [0.3, 0.4) is 0 Å². The molecule has 0 aliphatic heterocycles. The molecule has 0 radical (unpaired) electrons. The van der Waals surface area contributed by atoms with Gasteiger partial charge in [0.05, 0.1) is 11.9 Å². The molecule has 0 spiro atoms. The zero-order valence-electron chi connectivity index (χ0n) is 23.6. The highest BCUT2D eigenvalue weighted by atomic mass is 32.2. The number of carbonyl (C=O) groups is 2. The topological polar surface area (TPSA) is 86.8 Å². The summed E-state index contributed by atoms with van der Waals surface area (Å²) in [6.07, 6.45) is 1.75. The molecule has 0 aliphatic carbocycles. The maximum absolute atomic E-state index is 13.7. The third-order valence-electron chi connectivity index (χ3n) is 6.67. The molecule has 3 rings (SSSR count). The van der Waals surface area contributed by atoms with Crippen molar-refractivity contribution in [2.24, 2.45) is 0 Å². The predicted octanol–water partition coefficient (Wildman–Crippen LogP) is 4.76. The summed E-state index contributed by atoms with van der Waals surface area (Å²) in [4.78, 5) is 28.5. The summed E-state index contributed by atoms with van der Waals surface area (Å²) in [5.74, 6) is -0.959. The van der Waals surface area contributed by atoms with Gasteiger partial charge in [-0.2, -0.15) is 0 Å². The lowest BCUT2D eigenvalue weighted by Gasteiger charge is -2.32. The highest BCUT2D eigenvalue weighted by molar-refractivity contribution is 7.92. The lowest BCUT2D eigenvalue weighted by atomic mass is 10.0. The number of benzene rings is 3. The number of carbonyl (C=O) groups excluding carboxylic acids is 2. The first-order valence-corrected chi connectivity index (χ1v) is 15.2. The average Bonchev–Trinajstić information content (AvgIpc) is 2.91. The number of aryl methyl sites for hydroxylation is 2. The average molecular weight is 568 g/mol. The molecule has 0 aromatic heterocycles. The Morgan fingerprint density at radius 1 is 0.950 bits per heavy atom. The highest BCUT2D eigenvalue weighted by Crippen LogP contribution is 2.25. The van der Waals surface area contributed by atoms with Crippen LogP contribution in [0.2, 0.25) is 0 Å². The molecule has 1 atom stereocenters. The zero-order chi connectivity index (χ0) is 29.3. The molecular formula is C31H38FN3O4S. The van der Waals surface area contributed by atoms with Crippen molar-refractivity contribution in [2.75, 3.05) is 23.7 Å². The molecule has 0 fully saturated rings. The van der Waals surface area contributed by atoms with E-state index in [1.165, 1.54) is 21.3 Å². The van der Waals surface area contributed by atoms with E-state index in [-0.39, 0.29) is 37.7 Å². The quantitative estimate of drug-likeness (QED) is 0.323. The fourth-order valence-corrected chi connectivity index (χ4v) is 5.62. The minimum Gasteiger partial charge on any atom is -0.355 e. The number of likely N-dealkylation sites (N-methyl/N-ethyl adjacent to an activating group) is 1. The van der Waals surface area contributed by atoms with Gasteiger partial charge in [0.2, 0.25) is 21.8 Å². The fourth-order valence-electron chi connectivity index (χ4n) is 4.60. The van der Waals surface area contributed by atoms with Crippen molar-refractivity contribution < 1.29 is 22.4 Å². The van der Waals surface area contributed by atoms with Gasteiger partial charge in [-0.25, -0.2) is 12.8 Å². The molecule has 40 heavy (non-hydrogen) atoms. The van der Waals surface area contributed by atoms with Crippen LogP contribution in [0.15, 0.2) is 72.8 Å². The zero-order valence-corrected chi connectivity index (χ0v) is 24.4. The molecule has 1 N–H and O–H groups in total. The fraction of sp³-hybridized carbons (Fsp3) is 0.355. The van der Waals surface area contributed by atoms with Crippen LogP contribution in [-0.4, -0.2) is 50.5 Å². The Morgan fingerprint density at radius 3 is 2.25 bits per heavy atom. The molecule has 0 bridgehead atoms. The summed E-state index contributed by atoms with van der Waals surface area (Å²) < 4.78 is 40.3. The number of nitrogens with zero attached hydrogens (tertiary/aromatic N) is 2. The maximum Gasteiger partial charge on any atom is 0.243 e. The van der Waals surface area contributed by atoms with E-state index >= 15 is 0 Å². The van der Waals surface area contributed by atoms with E-state index in [0.29, 0.717) is 24.2 Å². The van der Waals surface area contributed by atoms with Crippen molar-refractivity contribution in [1.29, 1.82) is 0 Å². The number of nitrogens with one attached hydrogen (secondary N) is 1. The Morgan fingerprint density at radius 2 is 1.62 bits per heavy atom. The largest absolute Gasteiger partial charge is 0.355 e. The minimum absolute atomic E-state index is 0.0305. The summed E-state index contributed by atoms with van der Waals surface area (Å²) in [6.45, 7) is 6.19. The van der Waals surface area contributed by atoms with Gasteiger partial charge in [0.25, 0.3) is 0 Å². The number of sulfonamides is 1. The molecule has 9 heteroatoms. The summed E-state index contributed by atoms with van der Waals surface area (Å²) in [5.41, 5.74) is 3.92. The Labute approximate surface area is 237 Å². The Balaban J connectivity index is 1.87. The first kappa shape index (κ1) is 30.8. The second kappa shape index (κ2) is 14.1. The second-order valence-corrected chi connectivity index (χ2v) is 11.9. The van der Waals surface area contributed by atoms with Crippen molar-refractivity contribution in [2.45, 2.75) is 52.6 Å². The third-order valence-corrected chi connectivity index (χ3v) is 7.85. The second-order valence-electron chi connectivity index (χ2n) is 9.98. The minimum atomic E-state index is -3.60. The predicted molar refractivity (Wildman–Crippen MR) is 157 cm³/mol. The van der Waals surface area contributed by atoms with Crippen LogP contribution in [0.25, 0.3) is 0 Å². The molecule has 214 valence electrons. The van der Waals surface area contributed by atoms with Crippen molar-refractivity contribution in [1.82, 2.24) is 10.2 Å². The summed E-state index contributed by atoms with van der Waals surface area (Å²) in [6, 6.07) is 20.1. The van der Waals surface area contributed by atoms with E-state index in [9.17, 15) is 22.4 Å². The summed E-state index contributed by atoms with van der Waals surface area (Å²) in [5, 5.41) is 2.84. The van der Waals surface area contributed by atoms with Crippen LogP contribution in [0.4, 0.5) is 10.1 Å². The van der Waals surface area contributed by atoms with Crippen LogP contribution >= 0.6 is 0 Å². The normalized spacial score (nSPS) is 12.0. The first-order valence-electron chi connectivity index (χ1n) is 13.4. The van der Waals surface area contributed by atoms with Crippen LogP contribution in [0, 0.1) is 19.7 Å². The van der Waals surface area contributed by atoms with Gasteiger partial charge in [-0.05, 0) is 67.6 Å². The number of hydrogen-bond acceptors (Lipinski definition) is 4. The van der Waals surface area contributed by atoms with E-state index in [0.717, 1.165) is 22.9 Å². The molecule has 0 saturated heterocycles. The van der Waals surface area contributed by atoms with E-state index in [1.807, 2.05) is 69.3 Å². The van der Waals surface area contributed by atoms with Crippen molar-refractivity contribution in [3.63, 3.8) is 0 Å². The molecule has 0 unspecified atom stereocenters. The molecule has 0 heterocycles. The smallest absolute Gasteiger partial charge is 0.243 e. The van der Waals surface area contributed by atoms with E-state index in [2.05, 4.69) is 5.32 Å². The number of amides is 2. The van der Waals surface area contributed by atoms with Crippen LogP contribution in [-0.2, 0) is 32.6 Å². The number of rotatable bonds is 13. The molecule has 0 aliphatic rings. The summed E-state index contributed by atoms with van der Waals surface area (Å²) >= 11 is 0. The monoisotopic (exact) mass is 567 g/mol. The Hall–Kier alpha value is -3.72. The Kier molecular flexibility index (Phi) is 10.8. The summed E-state index contributed by atoms with van der Waals surface area (Å²) in [7, 11) is -3.60. The Bertz CT molecular complexity index is 1400. The van der Waals surface area contributed by atoms with Gasteiger partial charge < -0.3 is 10.2 Å². The van der Waals surface area contributed by atoms with Crippen LogP contribution < -0.4 is 9.62 Å². The van der Waals surface area contributed by atoms with Gasteiger partial charge in [0.1, 0.15) is 11.9 Å². The van der Waals surface area contributed by atoms with Crippen LogP contribution in [0.5, 0.6) is 0 Å². The van der Waals surface area contributed by atoms with Crippen molar-refractivity contribution in [3.8, 4) is 0 Å². The van der Waals surface area contributed by atoms with E-state index in [4.69, 9.17) is 0 Å². The van der Waals surface area contributed by atoms with Crippen LogP contribution in [0.1, 0.15) is 42.0 Å². The molecular weight excluding hydrogens is 529 g/mol. The van der Waals surface area contributed by atoms with Gasteiger partial charge in [0, 0.05) is 32.5 Å². The lowest BCUT2D eigenvalue weighted by Crippen LogP contribution is -2.50. The molecule has 0 saturated carbocycles. The lowest BCUT2D eigenvalue weighted by molar-refractivity contribution is -0.141. The van der Waals surface area contributed by atoms with Gasteiger partial charge in [-0.3, -0.25) is 13.9 Å². The first-order chi connectivity index (χ1) is 19.0. The SMILES string of the molecule is CCNC(=O)[C@@H](Cc1ccccc1)N(Cc1ccc(F)cc1)C(=O)CCCN(c1cc(C)ccc1C)S(C)(=O)=O. The third kappa shape index (κ3) is 8.64. The van der Waals surface area contributed by atoms with E-state index in [1.54, 1.807) is 12.1 Å². The maximum atomic E-state index is 13.7. The molecule has 2 amide bonds. The highest BCUT2D eigenvalue weighted by Gasteiger charge is 2.30. The van der Waals surface area contributed by atoms with Crippen molar-refractivity contribution >= 4 is 27.5 Å². The number of halogens is 1. The standard InChI is InChI=1S/C31H38FN3O4S/c1-5-33-31(37)29(21-25-10-7-6-8-11-25)34(22-26-15-17-27(32)18-16-26)30(36)12-9-19-35(40(4,38)39)28-20-23(2)13-14-24(28)3/h6-8,10-11,13-18,20,29H,5,9,12,19,21-22H2,1-4H3,(H,33,37)/t29-/m1/s1. The van der Waals surface area contributed by atoms with Gasteiger partial charge >= 0.3 is 0 Å². The van der Waals surface area contributed by atoms with Gasteiger partial charge in [0.15, 0.2) is 0 Å². The molecule has 3 aromatic carbocycles. The molecule has 7 nitrogen and oxygen atoms in total. The molecule has 3 aromatic rings.